The van der Waals surface area contributed by atoms with Gasteiger partial charge in [0.25, 0.3) is 17.7 Å². The molecule has 1 unspecified atom stereocenters. The predicted molar refractivity (Wildman–Crippen MR) is 121 cm³/mol. The number of rotatable bonds is 3. The van der Waals surface area contributed by atoms with Crippen molar-refractivity contribution < 1.29 is 45.2 Å². The molecule has 2 aliphatic rings. The largest absolute Gasteiger partial charge is 0.481 e. The van der Waals surface area contributed by atoms with Crippen molar-refractivity contribution in [3.63, 3.8) is 0 Å². The van der Waals surface area contributed by atoms with Gasteiger partial charge in [-0.25, -0.2) is 8.78 Å². The van der Waals surface area contributed by atoms with Crippen LogP contribution < -0.4 is 20.7 Å². The number of hydrogen-bond acceptors (Lipinski definition) is 4. The van der Waals surface area contributed by atoms with Gasteiger partial charge in [-0.2, -0.15) is 13.2 Å². The van der Waals surface area contributed by atoms with Gasteiger partial charge in [0, 0.05) is 27.8 Å². The Morgan fingerprint density at radius 3 is 2.62 bits per heavy atom. The van der Waals surface area contributed by atoms with Crippen LogP contribution in [-0.2, 0) is 11.0 Å². The summed E-state index contributed by atoms with van der Waals surface area (Å²) in [5.41, 5.74) is -4.39. The van der Waals surface area contributed by atoms with Crippen molar-refractivity contribution in [3.05, 3.63) is 86.9 Å². The summed E-state index contributed by atoms with van der Waals surface area (Å²) in [4.78, 5) is 38.5. The number of nitrogens with one attached hydrogen (secondary N) is 3. The Balaban J connectivity index is 1.73. The normalized spacial score (nSPS) is 20.9. The molecule has 2 heterocycles. The fraction of sp³-hybridized carbons (Fsp3) is 0.125. The molecule has 0 saturated carbocycles. The molecule has 2 aliphatic heterocycles. The first-order valence-electron chi connectivity index (χ1n) is 11.7. The van der Waals surface area contributed by atoms with Crippen LogP contribution >= 0.6 is 11.6 Å². The van der Waals surface area contributed by atoms with Crippen LogP contribution in [0.2, 0.25) is 5.02 Å². The lowest BCUT2D eigenvalue weighted by atomic mass is 9.94. The molecule has 5 rings (SSSR count). The highest BCUT2D eigenvalue weighted by Crippen LogP contribution is 2.47. The number of carbonyl (C=O) groups is 3. The molecule has 0 aliphatic carbocycles. The van der Waals surface area contributed by atoms with Crippen molar-refractivity contribution >= 4 is 40.7 Å². The minimum absolute atomic E-state index is 0.176. The lowest BCUT2D eigenvalue weighted by Gasteiger charge is -2.23. The van der Waals surface area contributed by atoms with Gasteiger partial charge in [0.2, 0.25) is 0 Å². The van der Waals surface area contributed by atoms with E-state index in [4.69, 9.17) is 20.5 Å². The number of amides is 3. The first-order chi connectivity index (χ1) is 18.5. The van der Waals surface area contributed by atoms with E-state index in [1.807, 2.05) is 0 Å². The van der Waals surface area contributed by atoms with Gasteiger partial charge in [0.15, 0.2) is 6.56 Å². The van der Waals surface area contributed by atoms with E-state index in [9.17, 15) is 36.3 Å². The average Bonchev–Trinajstić information content (AvgIpc) is 3.12. The van der Waals surface area contributed by atoms with Gasteiger partial charge in [-0.3, -0.25) is 14.4 Å². The standard InChI is InChI=1S/C24H13ClF5N3O4/c25-14-2-1-11(26)6-13(14)20-18-15(7-16-21(19(18)23(36)33-20)32-17(34)8-37-16)31-22(35)9-3-10(24(28,29)30)5-12(27)4-9/h1-7,20H,8H2,(H,31,35)(H,32,34)(H,33,36)/i8D2,20D. The highest BCUT2D eigenvalue weighted by molar-refractivity contribution is 6.31. The minimum Gasteiger partial charge on any atom is -0.481 e. The Labute approximate surface area is 213 Å². The number of ether oxygens (including phenoxy) is 1. The second-order valence-electron chi connectivity index (χ2n) is 7.84. The molecular weight excluding hydrogens is 525 g/mol. The van der Waals surface area contributed by atoms with Crippen molar-refractivity contribution in [2.24, 2.45) is 0 Å². The average molecular weight is 541 g/mol. The second kappa shape index (κ2) is 8.73. The predicted octanol–water partition coefficient (Wildman–Crippen LogP) is 5.05. The zero-order chi connectivity index (χ0) is 29.4. The third-order valence-corrected chi connectivity index (χ3v) is 5.76. The van der Waals surface area contributed by atoms with Crippen LogP contribution in [0.25, 0.3) is 0 Å². The van der Waals surface area contributed by atoms with Crippen LogP contribution in [0.4, 0.5) is 33.3 Å². The summed E-state index contributed by atoms with van der Waals surface area (Å²) in [7, 11) is 0. The van der Waals surface area contributed by atoms with Crippen molar-refractivity contribution in [3.8, 4) is 5.75 Å². The molecule has 0 fully saturated rings. The Hall–Kier alpha value is -4.19. The van der Waals surface area contributed by atoms with Gasteiger partial charge < -0.3 is 20.7 Å². The van der Waals surface area contributed by atoms with Gasteiger partial charge in [0.1, 0.15) is 17.4 Å². The van der Waals surface area contributed by atoms with Crippen LogP contribution in [0.5, 0.6) is 5.75 Å². The molecule has 3 aromatic rings. The number of benzene rings is 3. The molecule has 7 nitrogen and oxygen atoms in total. The van der Waals surface area contributed by atoms with Gasteiger partial charge in [0.05, 0.1) is 32.6 Å². The van der Waals surface area contributed by atoms with E-state index in [2.05, 4.69) is 16.0 Å². The number of halogens is 6. The van der Waals surface area contributed by atoms with Crippen LogP contribution in [0, 0.1) is 11.6 Å². The monoisotopic (exact) mass is 540 g/mol. The summed E-state index contributed by atoms with van der Waals surface area (Å²) in [5.74, 6) is -6.40. The molecule has 3 aromatic carbocycles. The SMILES string of the molecule is [2H]C1([2H])Oc2cc(NC(=O)c3cc(F)cc(C(F)(F)F)c3)c3c(c2NC1=O)C(=O)NC3([2H])c1cc(F)ccc1Cl. The molecule has 0 bridgehead atoms. The van der Waals surface area contributed by atoms with Gasteiger partial charge in [-0.05, 0) is 36.4 Å². The topological polar surface area (TPSA) is 96.5 Å². The van der Waals surface area contributed by atoms with Crippen LogP contribution in [0.15, 0.2) is 42.5 Å². The molecule has 0 aromatic heterocycles. The number of carbonyl (C=O) groups excluding carboxylic acids is 3. The molecule has 3 N–H and O–H groups in total. The maximum absolute atomic E-state index is 14.2. The number of fused-ring (bicyclic) bond motifs is 3. The molecule has 37 heavy (non-hydrogen) atoms. The van der Waals surface area contributed by atoms with E-state index in [1.54, 1.807) is 0 Å². The molecule has 0 saturated heterocycles. The summed E-state index contributed by atoms with van der Waals surface area (Å²) < 4.78 is 97.4. The summed E-state index contributed by atoms with van der Waals surface area (Å²) in [6.07, 6.45) is -5.00. The zero-order valence-electron chi connectivity index (χ0n) is 20.9. The van der Waals surface area contributed by atoms with Crippen LogP contribution in [0.3, 0.4) is 0 Å². The summed E-state index contributed by atoms with van der Waals surface area (Å²) in [6, 6.07) is 2.41. The van der Waals surface area contributed by atoms with E-state index in [1.165, 1.54) is 0 Å². The smallest absolute Gasteiger partial charge is 0.416 e. The molecule has 0 spiro atoms. The van der Waals surface area contributed by atoms with Gasteiger partial charge >= 0.3 is 6.18 Å². The second-order valence-corrected chi connectivity index (χ2v) is 8.25. The third-order valence-electron chi connectivity index (χ3n) is 5.43. The van der Waals surface area contributed by atoms with Crippen LogP contribution in [0.1, 0.15) is 47.5 Å². The Kier molecular flexibility index (Phi) is 4.94. The molecule has 1 atom stereocenters. The fourth-order valence-corrected chi connectivity index (χ4v) is 4.11. The number of hydrogen-bond donors (Lipinski definition) is 3. The first-order valence-corrected chi connectivity index (χ1v) is 10.6. The third kappa shape index (κ3) is 4.44. The fourth-order valence-electron chi connectivity index (χ4n) is 3.90. The molecular formula is C24H13ClF5N3O4. The van der Waals surface area contributed by atoms with Crippen molar-refractivity contribution in [1.82, 2.24) is 5.32 Å². The maximum Gasteiger partial charge on any atom is 0.416 e. The Bertz CT molecular complexity index is 1650. The van der Waals surface area contributed by atoms with E-state index in [-0.39, 0.29) is 16.7 Å². The Morgan fingerprint density at radius 1 is 1.14 bits per heavy atom. The lowest BCUT2D eigenvalue weighted by Crippen LogP contribution is -2.27. The van der Waals surface area contributed by atoms with E-state index < -0.39 is 87.5 Å². The van der Waals surface area contributed by atoms with E-state index in [0.717, 1.165) is 24.3 Å². The number of anilines is 2. The van der Waals surface area contributed by atoms with Gasteiger partial charge in [-0.1, -0.05) is 11.6 Å². The van der Waals surface area contributed by atoms with Crippen molar-refractivity contribution in [2.45, 2.75) is 12.2 Å². The van der Waals surface area contributed by atoms with Crippen molar-refractivity contribution in [2.75, 3.05) is 17.2 Å². The lowest BCUT2D eigenvalue weighted by molar-refractivity contribution is -0.137. The van der Waals surface area contributed by atoms with Crippen LogP contribution in [-0.4, -0.2) is 24.3 Å². The molecule has 190 valence electrons. The summed E-state index contributed by atoms with van der Waals surface area (Å²) in [6.45, 7) is -2.94. The van der Waals surface area contributed by atoms with E-state index >= 15 is 0 Å². The number of alkyl halides is 3. The minimum atomic E-state index is -5.00. The highest BCUT2D eigenvalue weighted by Gasteiger charge is 2.40. The Morgan fingerprint density at radius 2 is 1.89 bits per heavy atom. The van der Waals surface area contributed by atoms with Gasteiger partial charge in [-0.15, -0.1) is 0 Å². The van der Waals surface area contributed by atoms with E-state index in [0.29, 0.717) is 12.1 Å². The highest BCUT2D eigenvalue weighted by atomic mass is 35.5. The molecule has 0 radical (unpaired) electrons. The van der Waals surface area contributed by atoms with Crippen molar-refractivity contribution in [1.29, 1.82) is 0 Å². The molecule has 3 amide bonds. The quantitative estimate of drug-likeness (QED) is 0.405. The summed E-state index contributed by atoms with van der Waals surface area (Å²) >= 11 is 6.20. The summed E-state index contributed by atoms with van der Waals surface area (Å²) in [5, 5.41) is 6.43. The molecule has 13 heteroatoms. The first kappa shape index (κ1) is 20.9. The zero-order valence-corrected chi connectivity index (χ0v) is 18.7. The maximum atomic E-state index is 14.2.